The summed E-state index contributed by atoms with van der Waals surface area (Å²) in [4.78, 5) is 11.7. The molecule has 1 aromatic carbocycles. The molecule has 0 aromatic heterocycles. The van der Waals surface area contributed by atoms with E-state index in [4.69, 9.17) is 4.74 Å². The third-order valence-electron chi connectivity index (χ3n) is 6.18. The molecule has 0 saturated carbocycles. The zero-order valence-electron chi connectivity index (χ0n) is 19.0. The molecule has 0 bridgehead atoms. The molecule has 0 N–H and O–H groups in total. The standard InChI is InChI=1S/C26H31NO4S/c1-5-6-10-23-19(2)21(12-13-25(28)31-3)18-22-9-7-8-11-24(22)26(23)20-14-16-27(17-15-20)32(4,29)30/h5-13,18,20,26H,2,14-17H2,1,3-4H3/b6-5-,13-12+,23-10+. The predicted molar refractivity (Wildman–Crippen MR) is 129 cm³/mol. The number of ether oxygens (including phenoxy) is 1. The molecule has 1 heterocycles. The second-order valence-electron chi connectivity index (χ2n) is 8.19. The van der Waals surface area contributed by atoms with Crippen molar-refractivity contribution in [3.8, 4) is 0 Å². The zero-order valence-corrected chi connectivity index (χ0v) is 19.8. The molecule has 6 heteroatoms. The summed E-state index contributed by atoms with van der Waals surface area (Å²) < 4.78 is 30.4. The summed E-state index contributed by atoms with van der Waals surface area (Å²) in [6.07, 6.45) is 14.1. The van der Waals surface area contributed by atoms with E-state index in [2.05, 4.69) is 30.9 Å². The van der Waals surface area contributed by atoms with E-state index in [-0.39, 0.29) is 11.8 Å². The number of sulfonamides is 1. The number of fused-ring (bicyclic) bond motifs is 1. The SMILES string of the molecule is C=C1C(/C=C/C(=O)OC)=Cc2ccccc2C(C2CCN(S(C)(=O)=O)CC2)/C1=C/C=C\C. The lowest BCUT2D eigenvalue weighted by Crippen LogP contribution is -2.39. The highest BCUT2D eigenvalue weighted by Gasteiger charge is 2.35. The normalized spacial score (nSPS) is 22.2. The number of piperidine rings is 1. The van der Waals surface area contributed by atoms with Gasteiger partial charge in [-0.2, -0.15) is 0 Å². The van der Waals surface area contributed by atoms with Crippen LogP contribution < -0.4 is 0 Å². The summed E-state index contributed by atoms with van der Waals surface area (Å²) >= 11 is 0. The van der Waals surface area contributed by atoms with Crippen LogP contribution in [0.4, 0.5) is 0 Å². The van der Waals surface area contributed by atoms with Gasteiger partial charge >= 0.3 is 5.97 Å². The molecule has 2 aliphatic rings. The summed E-state index contributed by atoms with van der Waals surface area (Å²) in [5, 5.41) is 0. The molecule has 1 saturated heterocycles. The van der Waals surface area contributed by atoms with Gasteiger partial charge in [-0.3, -0.25) is 0 Å². The van der Waals surface area contributed by atoms with Crippen LogP contribution in [0.15, 0.2) is 77.9 Å². The maximum absolute atomic E-state index is 12.0. The molecule has 1 unspecified atom stereocenters. The van der Waals surface area contributed by atoms with E-state index in [0.29, 0.717) is 13.1 Å². The maximum Gasteiger partial charge on any atom is 0.330 e. The fraction of sp³-hybridized carbons (Fsp3) is 0.346. The Labute approximate surface area is 191 Å². The molecular formula is C26H31NO4S. The molecule has 1 fully saturated rings. The largest absolute Gasteiger partial charge is 0.466 e. The van der Waals surface area contributed by atoms with Crippen molar-refractivity contribution in [2.45, 2.75) is 25.7 Å². The molecule has 1 aliphatic carbocycles. The van der Waals surface area contributed by atoms with Gasteiger partial charge in [0.05, 0.1) is 13.4 Å². The fourth-order valence-electron chi connectivity index (χ4n) is 4.53. The number of hydrogen-bond acceptors (Lipinski definition) is 4. The van der Waals surface area contributed by atoms with Crippen LogP contribution in [0.25, 0.3) is 6.08 Å². The molecule has 3 rings (SSSR count). The number of nitrogens with zero attached hydrogens (tertiary/aromatic N) is 1. The molecule has 0 spiro atoms. The molecule has 1 aliphatic heterocycles. The predicted octanol–water partition coefficient (Wildman–Crippen LogP) is 4.63. The lowest BCUT2D eigenvalue weighted by molar-refractivity contribution is -0.134. The molecule has 0 amide bonds. The van der Waals surface area contributed by atoms with E-state index in [0.717, 1.165) is 35.1 Å². The van der Waals surface area contributed by atoms with E-state index >= 15 is 0 Å². The van der Waals surface area contributed by atoms with Crippen LogP contribution in [0.3, 0.4) is 0 Å². The lowest BCUT2D eigenvalue weighted by atomic mass is 9.73. The van der Waals surface area contributed by atoms with Crippen molar-refractivity contribution in [3.63, 3.8) is 0 Å². The van der Waals surface area contributed by atoms with Crippen LogP contribution in [0.1, 0.15) is 36.8 Å². The van der Waals surface area contributed by atoms with Gasteiger partial charge in [-0.05, 0) is 65.7 Å². The molecule has 32 heavy (non-hydrogen) atoms. The molecular weight excluding hydrogens is 422 g/mol. The number of carbonyl (C=O) groups is 1. The van der Waals surface area contributed by atoms with Crippen molar-refractivity contribution < 1.29 is 17.9 Å². The number of carbonyl (C=O) groups excluding carboxylic acids is 1. The second kappa shape index (κ2) is 10.3. The number of rotatable bonds is 5. The Hall–Kier alpha value is -2.70. The van der Waals surface area contributed by atoms with Gasteiger partial charge in [-0.1, -0.05) is 49.1 Å². The van der Waals surface area contributed by atoms with E-state index in [1.54, 1.807) is 10.4 Å². The highest BCUT2D eigenvalue weighted by molar-refractivity contribution is 7.88. The molecule has 1 aromatic rings. The number of hydrogen-bond donors (Lipinski definition) is 0. The molecule has 0 radical (unpaired) electrons. The molecule has 170 valence electrons. The quantitative estimate of drug-likeness (QED) is 0.482. The van der Waals surface area contributed by atoms with Gasteiger partial charge in [-0.15, -0.1) is 0 Å². The minimum atomic E-state index is -3.19. The summed E-state index contributed by atoms with van der Waals surface area (Å²) in [6, 6.07) is 8.26. The highest BCUT2D eigenvalue weighted by atomic mass is 32.2. The van der Waals surface area contributed by atoms with E-state index in [1.807, 2.05) is 31.2 Å². The summed E-state index contributed by atoms with van der Waals surface area (Å²) in [7, 11) is -1.83. The van der Waals surface area contributed by atoms with Gasteiger partial charge in [-0.25, -0.2) is 17.5 Å². The van der Waals surface area contributed by atoms with Crippen LogP contribution in [-0.4, -0.2) is 45.1 Å². The Morgan fingerprint density at radius 3 is 2.53 bits per heavy atom. The van der Waals surface area contributed by atoms with Crippen LogP contribution in [0, 0.1) is 5.92 Å². The van der Waals surface area contributed by atoms with E-state index in [1.165, 1.54) is 25.0 Å². The van der Waals surface area contributed by atoms with Crippen molar-refractivity contribution in [2.24, 2.45) is 5.92 Å². The summed E-state index contributed by atoms with van der Waals surface area (Å²) in [5.74, 6) is -0.0588. The number of benzene rings is 1. The minimum Gasteiger partial charge on any atom is -0.466 e. The third-order valence-corrected chi connectivity index (χ3v) is 7.48. The first-order valence-corrected chi connectivity index (χ1v) is 12.7. The van der Waals surface area contributed by atoms with Crippen molar-refractivity contribution >= 4 is 22.1 Å². The Bertz CT molecular complexity index is 1100. The lowest BCUT2D eigenvalue weighted by Gasteiger charge is -2.36. The third kappa shape index (κ3) is 5.37. The minimum absolute atomic E-state index is 0.0805. The fourth-order valence-corrected chi connectivity index (χ4v) is 5.40. The molecule has 5 nitrogen and oxygen atoms in total. The van der Waals surface area contributed by atoms with Crippen LogP contribution >= 0.6 is 0 Å². The van der Waals surface area contributed by atoms with Gasteiger partial charge in [0.1, 0.15) is 0 Å². The number of esters is 1. The Morgan fingerprint density at radius 2 is 1.91 bits per heavy atom. The van der Waals surface area contributed by atoms with Gasteiger partial charge < -0.3 is 4.74 Å². The average molecular weight is 454 g/mol. The number of methoxy groups -OCH3 is 1. The van der Waals surface area contributed by atoms with Crippen molar-refractivity contribution in [1.29, 1.82) is 0 Å². The Kier molecular flexibility index (Phi) is 7.69. The second-order valence-corrected chi connectivity index (χ2v) is 10.2. The first kappa shape index (κ1) is 24.0. The first-order chi connectivity index (χ1) is 15.3. The Balaban J connectivity index is 2.07. The van der Waals surface area contributed by atoms with E-state index < -0.39 is 16.0 Å². The molecule has 1 atom stereocenters. The first-order valence-electron chi connectivity index (χ1n) is 10.8. The van der Waals surface area contributed by atoms with Gasteiger partial charge in [0.2, 0.25) is 10.0 Å². The average Bonchev–Trinajstić information content (AvgIpc) is 2.89. The highest BCUT2D eigenvalue weighted by Crippen LogP contribution is 2.46. The van der Waals surface area contributed by atoms with Gasteiger partial charge in [0, 0.05) is 25.1 Å². The van der Waals surface area contributed by atoms with E-state index in [9.17, 15) is 13.2 Å². The summed E-state index contributed by atoms with van der Waals surface area (Å²) in [5.41, 5.74) is 5.08. The monoisotopic (exact) mass is 453 g/mol. The zero-order chi connectivity index (χ0) is 23.3. The number of allylic oxidation sites excluding steroid dienone is 7. The van der Waals surface area contributed by atoms with Gasteiger partial charge in [0.15, 0.2) is 0 Å². The van der Waals surface area contributed by atoms with Crippen molar-refractivity contribution in [1.82, 2.24) is 4.31 Å². The smallest absolute Gasteiger partial charge is 0.330 e. The van der Waals surface area contributed by atoms with Crippen LogP contribution in [0.2, 0.25) is 0 Å². The summed E-state index contributed by atoms with van der Waals surface area (Å²) in [6.45, 7) is 7.41. The van der Waals surface area contributed by atoms with Crippen molar-refractivity contribution in [3.05, 3.63) is 89.1 Å². The van der Waals surface area contributed by atoms with Crippen LogP contribution in [0.5, 0.6) is 0 Å². The van der Waals surface area contributed by atoms with Crippen LogP contribution in [-0.2, 0) is 19.6 Å². The topological polar surface area (TPSA) is 63.7 Å². The maximum atomic E-state index is 12.0. The van der Waals surface area contributed by atoms with Crippen molar-refractivity contribution in [2.75, 3.05) is 26.5 Å². The Morgan fingerprint density at radius 1 is 1.22 bits per heavy atom. The van der Waals surface area contributed by atoms with Gasteiger partial charge in [0.25, 0.3) is 0 Å².